The molecule has 0 aliphatic rings. The molecule has 0 spiro atoms. The SMILES string of the molecule is O=CNOCCCc1ccccc1Br. The third-order valence-corrected chi connectivity index (χ3v) is 2.56. The van der Waals surface area contributed by atoms with E-state index >= 15 is 0 Å². The molecule has 1 rings (SSSR count). The third kappa shape index (κ3) is 3.89. The number of carbonyl (C=O) groups excluding carboxylic acids is 1. The number of carbonyl (C=O) groups is 1. The van der Waals surface area contributed by atoms with Gasteiger partial charge in [-0.25, -0.2) is 5.48 Å². The van der Waals surface area contributed by atoms with Crippen molar-refractivity contribution in [2.75, 3.05) is 6.61 Å². The summed E-state index contributed by atoms with van der Waals surface area (Å²) in [7, 11) is 0. The van der Waals surface area contributed by atoms with E-state index in [2.05, 4.69) is 27.5 Å². The van der Waals surface area contributed by atoms with Crippen molar-refractivity contribution >= 4 is 22.3 Å². The van der Waals surface area contributed by atoms with Gasteiger partial charge in [0, 0.05) is 4.47 Å². The van der Waals surface area contributed by atoms with Gasteiger partial charge in [0.1, 0.15) is 0 Å². The van der Waals surface area contributed by atoms with Crippen molar-refractivity contribution in [2.24, 2.45) is 0 Å². The molecule has 1 aromatic carbocycles. The van der Waals surface area contributed by atoms with Gasteiger partial charge in [-0.15, -0.1) is 0 Å². The molecule has 3 nitrogen and oxygen atoms in total. The molecule has 1 amide bonds. The molecule has 0 fully saturated rings. The summed E-state index contributed by atoms with van der Waals surface area (Å²) < 4.78 is 1.11. The number of hydrogen-bond acceptors (Lipinski definition) is 2. The van der Waals surface area contributed by atoms with Gasteiger partial charge in [-0.05, 0) is 24.5 Å². The summed E-state index contributed by atoms with van der Waals surface area (Å²) in [6, 6.07) is 8.07. The van der Waals surface area contributed by atoms with Gasteiger partial charge in [0.15, 0.2) is 0 Å². The molecule has 14 heavy (non-hydrogen) atoms. The lowest BCUT2D eigenvalue weighted by molar-refractivity contribution is -0.120. The zero-order valence-corrected chi connectivity index (χ0v) is 9.29. The van der Waals surface area contributed by atoms with Crippen molar-refractivity contribution in [2.45, 2.75) is 12.8 Å². The summed E-state index contributed by atoms with van der Waals surface area (Å²) >= 11 is 3.47. The highest BCUT2D eigenvalue weighted by Crippen LogP contribution is 2.17. The Balaban J connectivity index is 2.24. The summed E-state index contributed by atoms with van der Waals surface area (Å²) in [5, 5.41) is 0. The van der Waals surface area contributed by atoms with Gasteiger partial charge < -0.3 is 0 Å². The first-order chi connectivity index (χ1) is 6.84. The molecule has 0 heterocycles. The maximum atomic E-state index is 9.85. The normalized spacial score (nSPS) is 9.79. The number of hydroxylamine groups is 1. The van der Waals surface area contributed by atoms with Crippen molar-refractivity contribution in [1.82, 2.24) is 5.48 Å². The Bertz CT molecular complexity index is 291. The fraction of sp³-hybridized carbons (Fsp3) is 0.300. The van der Waals surface area contributed by atoms with E-state index in [1.165, 1.54) is 5.56 Å². The minimum Gasteiger partial charge on any atom is -0.277 e. The zero-order chi connectivity index (χ0) is 10.2. The lowest BCUT2D eigenvalue weighted by Crippen LogP contribution is -2.12. The summed E-state index contributed by atoms with van der Waals surface area (Å²) in [5.74, 6) is 0. The number of nitrogens with one attached hydrogen (secondary N) is 1. The van der Waals surface area contributed by atoms with E-state index in [1.54, 1.807) is 0 Å². The molecule has 0 aliphatic heterocycles. The molecule has 0 unspecified atom stereocenters. The second-order valence-corrected chi connectivity index (χ2v) is 3.63. The lowest BCUT2D eigenvalue weighted by atomic mass is 10.1. The molecule has 0 aliphatic carbocycles. The zero-order valence-electron chi connectivity index (χ0n) is 7.70. The Labute approximate surface area is 91.5 Å². The van der Waals surface area contributed by atoms with Crippen LogP contribution in [0.4, 0.5) is 0 Å². The predicted molar refractivity (Wildman–Crippen MR) is 57.6 cm³/mol. The quantitative estimate of drug-likeness (QED) is 0.482. The fourth-order valence-electron chi connectivity index (χ4n) is 1.13. The third-order valence-electron chi connectivity index (χ3n) is 1.78. The van der Waals surface area contributed by atoms with Gasteiger partial charge in [0.05, 0.1) is 6.61 Å². The first-order valence-corrected chi connectivity index (χ1v) is 5.18. The van der Waals surface area contributed by atoms with Crippen LogP contribution in [0.25, 0.3) is 0 Å². The molecule has 0 bridgehead atoms. The second-order valence-electron chi connectivity index (χ2n) is 2.78. The summed E-state index contributed by atoms with van der Waals surface area (Å²) in [6.45, 7) is 0.528. The van der Waals surface area contributed by atoms with Crippen molar-refractivity contribution < 1.29 is 9.63 Å². The molecule has 0 radical (unpaired) electrons. The topological polar surface area (TPSA) is 38.3 Å². The highest BCUT2D eigenvalue weighted by molar-refractivity contribution is 9.10. The van der Waals surface area contributed by atoms with Crippen LogP contribution in [0.1, 0.15) is 12.0 Å². The first-order valence-electron chi connectivity index (χ1n) is 4.39. The molecule has 0 aromatic heterocycles. The monoisotopic (exact) mass is 257 g/mol. The van der Waals surface area contributed by atoms with Gasteiger partial charge in [-0.1, -0.05) is 34.1 Å². The maximum Gasteiger partial charge on any atom is 0.230 e. The van der Waals surface area contributed by atoms with Crippen LogP contribution >= 0.6 is 15.9 Å². The predicted octanol–water partition coefficient (Wildman–Crippen LogP) is 2.06. The van der Waals surface area contributed by atoms with E-state index in [1.807, 2.05) is 18.2 Å². The molecule has 1 N–H and O–H groups in total. The highest BCUT2D eigenvalue weighted by atomic mass is 79.9. The van der Waals surface area contributed by atoms with Crippen LogP contribution < -0.4 is 5.48 Å². The maximum absolute atomic E-state index is 9.85. The Morgan fingerprint density at radius 3 is 2.93 bits per heavy atom. The molecule has 0 saturated carbocycles. The van der Waals surface area contributed by atoms with Crippen LogP contribution in [0.3, 0.4) is 0 Å². The van der Waals surface area contributed by atoms with E-state index in [4.69, 9.17) is 4.84 Å². The summed E-state index contributed by atoms with van der Waals surface area (Å²) in [4.78, 5) is 14.7. The van der Waals surface area contributed by atoms with E-state index in [9.17, 15) is 4.79 Å². The molecular weight excluding hydrogens is 246 g/mol. The average molecular weight is 258 g/mol. The molecule has 4 heteroatoms. The Morgan fingerprint density at radius 2 is 2.21 bits per heavy atom. The highest BCUT2D eigenvalue weighted by Gasteiger charge is 1.97. The van der Waals surface area contributed by atoms with E-state index < -0.39 is 0 Å². The number of aryl methyl sites for hydroxylation is 1. The average Bonchev–Trinajstić information content (AvgIpc) is 2.20. The van der Waals surface area contributed by atoms with Gasteiger partial charge in [0.25, 0.3) is 0 Å². The van der Waals surface area contributed by atoms with Crippen molar-refractivity contribution in [3.63, 3.8) is 0 Å². The summed E-state index contributed by atoms with van der Waals surface area (Å²) in [5.41, 5.74) is 3.41. The van der Waals surface area contributed by atoms with Crippen molar-refractivity contribution in [3.8, 4) is 0 Å². The van der Waals surface area contributed by atoms with E-state index in [0.717, 1.165) is 17.3 Å². The van der Waals surface area contributed by atoms with Crippen molar-refractivity contribution in [3.05, 3.63) is 34.3 Å². The van der Waals surface area contributed by atoms with Crippen LogP contribution in [0, 0.1) is 0 Å². The molecule has 76 valence electrons. The van der Waals surface area contributed by atoms with Crippen LogP contribution in [0.5, 0.6) is 0 Å². The standard InChI is InChI=1S/C10H12BrNO2/c11-10-6-2-1-4-9(10)5-3-7-14-12-8-13/h1-2,4,6,8H,3,5,7H2,(H,12,13). The number of rotatable bonds is 6. The molecular formula is C10H12BrNO2. The van der Waals surface area contributed by atoms with E-state index in [0.29, 0.717) is 13.0 Å². The molecule has 0 atom stereocenters. The number of hydrogen-bond donors (Lipinski definition) is 1. The number of amides is 1. The van der Waals surface area contributed by atoms with Gasteiger partial charge in [-0.2, -0.15) is 0 Å². The van der Waals surface area contributed by atoms with Gasteiger partial charge in [-0.3, -0.25) is 9.63 Å². The van der Waals surface area contributed by atoms with Gasteiger partial charge >= 0.3 is 0 Å². The Morgan fingerprint density at radius 1 is 1.43 bits per heavy atom. The molecule has 0 saturated heterocycles. The van der Waals surface area contributed by atoms with E-state index in [-0.39, 0.29) is 0 Å². The van der Waals surface area contributed by atoms with Crippen LogP contribution in [-0.4, -0.2) is 13.0 Å². The first kappa shape index (κ1) is 11.2. The Kier molecular flexibility index (Phi) is 5.25. The molecule has 1 aromatic rings. The van der Waals surface area contributed by atoms with Crippen LogP contribution in [0.15, 0.2) is 28.7 Å². The van der Waals surface area contributed by atoms with Crippen molar-refractivity contribution in [1.29, 1.82) is 0 Å². The second kappa shape index (κ2) is 6.56. The number of benzene rings is 1. The van der Waals surface area contributed by atoms with Crippen LogP contribution in [-0.2, 0) is 16.1 Å². The lowest BCUT2D eigenvalue weighted by Gasteiger charge is -2.03. The smallest absolute Gasteiger partial charge is 0.230 e. The Hall–Kier alpha value is -0.870. The number of halogens is 1. The van der Waals surface area contributed by atoms with Gasteiger partial charge in [0.2, 0.25) is 6.41 Å². The fourth-order valence-corrected chi connectivity index (χ4v) is 1.61. The minimum atomic E-state index is 0.526. The van der Waals surface area contributed by atoms with Crippen LogP contribution in [0.2, 0.25) is 0 Å². The summed E-state index contributed by atoms with van der Waals surface area (Å²) in [6.07, 6.45) is 2.34. The minimum absolute atomic E-state index is 0.526. The largest absolute Gasteiger partial charge is 0.277 e.